The van der Waals surface area contributed by atoms with Gasteiger partial charge in [-0.25, -0.2) is 4.98 Å². The van der Waals surface area contributed by atoms with Gasteiger partial charge in [0.1, 0.15) is 6.10 Å². The smallest absolute Gasteiger partial charge is 0.100 e. The molecule has 0 bridgehead atoms. The summed E-state index contributed by atoms with van der Waals surface area (Å²) in [6.07, 6.45) is 9.41. The van der Waals surface area contributed by atoms with Crippen LogP contribution in [0.4, 0.5) is 0 Å². The van der Waals surface area contributed by atoms with Crippen molar-refractivity contribution in [2.24, 2.45) is 13.0 Å². The van der Waals surface area contributed by atoms with Crippen molar-refractivity contribution in [2.45, 2.75) is 58.3 Å². The Morgan fingerprint density at radius 3 is 3.04 bits per heavy atom. The van der Waals surface area contributed by atoms with Crippen LogP contribution >= 0.6 is 0 Å². The van der Waals surface area contributed by atoms with Crippen LogP contribution in [0.1, 0.15) is 50.6 Å². The number of rotatable bonds is 7. The van der Waals surface area contributed by atoms with E-state index in [1.54, 1.807) is 0 Å². The van der Waals surface area contributed by atoms with Gasteiger partial charge in [0, 0.05) is 44.7 Å². The predicted octanol–water partition coefficient (Wildman–Crippen LogP) is 3.28. The van der Waals surface area contributed by atoms with Gasteiger partial charge in [0.15, 0.2) is 0 Å². The van der Waals surface area contributed by atoms with E-state index in [4.69, 9.17) is 4.74 Å². The largest absolute Gasteiger partial charge is 0.372 e. The molecule has 1 fully saturated rings. The monoisotopic (exact) mass is 330 g/mol. The van der Waals surface area contributed by atoms with Gasteiger partial charge in [-0.1, -0.05) is 13.8 Å². The minimum Gasteiger partial charge on any atom is -0.372 e. The molecule has 2 atom stereocenters. The van der Waals surface area contributed by atoms with Crippen LogP contribution in [0, 0.1) is 5.92 Å². The van der Waals surface area contributed by atoms with Gasteiger partial charge in [0.25, 0.3) is 0 Å². The lowest BCUT2D eigenvalue weighted by atomic mass is 10.0. The second-order valence-corrected chi connectivity index (χ2v) is 7.27. The van der Waals surface area contributed by atoms with E-state index in [0.717, 1.165) is 38.5 Å². The van der Waals surface area contributed by atoms with E-state index in [1.165, 1.54) is 17.8 Å². The molecular formula is C19H30N4O. The Morgan fingerprint density at radius 2 is 2.29 bits per heavy atom. The van der Waals surface area contributed by atoms with E-state index in [0.29, 0.717) is 6.04 Å². The second-order valence-electron chi connectivity index (χ2n) is 7.27. The molecule has 0 unspecified atom stereocenters. The summed E-state index contributed by atoms with van der Waals surface area (Å²) in [5, 5.41) is 3.73. The van der Waals surface area contributed by atoms with Gasteiger partial charge in [-0.2, -0.15) is 0 Å². The van der Waals surface area contributed by atoms with Gasteiger partial charge in [-0.15, -0.1) is 0 Å². The summed E-state index contributed by atoms with van der Waals surface area (Å²) in [5.74, 6) is 0.739. The van der Waals surface area contributed by atoms with Gasteiger partial charge in [0.2, 0.25) is 0 Å². The van der Waals surface area contributed by atoms with Crippen LogP contribution in [0.2, 0.25) is 0 Å². The first-order valence-corrected chi connectivity index (χ1v) is 9.08. The molecule has 0 aromatic carbocycles. The van der Waals surface area contributed by atoms with Crippen LogP contribution in [-0.2, 0) is 24.9 Å². The van der Waals surface area contributed by atoms with Gasteiger partial charge in [-0.3, -0.25) is 0 Å². The number of nitrogens with one attached hydrogen (secondary N) is 1. The van der Waals surface area contributed by atoms with Crippen molar-refractivity contribution in [3.63, 3.8) is 0 Å². The predicted molar refractivity (Wildman–Crippen MR) is 95.6 cm³/mol. The van der Waals surface area contributed by atoms with Crippen LogP contribution in [0.15, 0.2) is 30.9 Å². The van der Waals surface area contributed by atoms with Gasteiger partial charge < -0.3 is 19.2 Å². The third-order valence-electron chi connectivity index (χ3n) is 4.91. The first-order chi connectivity index (χ1) is 11.6. The van der Waals surface area contributed by atoms with Crippen molar-refractivity contribution in [3.05, 3.63) is 42.2 Å². The van der Waals surface area contributed by atoms with Crippen molar-refractivity contribution >= 4 is 0 Å². The normalized spacial score (nSPS) is 21.5. The number of imidazole rings is 1. The van der Waals surface area contributed by atoms with E-state index in [9.17, 15) is 0 Å². The number of ether oxygens (including phenoxy) is 1. The molecule has 2 aromatic rings. The van der Waals surface area contributed by atoms with Crippen molar-refractivity contribution in [1.29, 1.82) is 0 Å². The van der Waals surface area contributed by atoms with Gasteiger partial charge in [-0.05, 0) is 37.3 Å². The minimum atomic E-state index is 0.150. The fraction of sp³-hybridized carbons (Fsp3) is 0.632. The molecule has 0 spiro atoms. The molecule has 0 saturated carbocycles. The maximum absolute atomic E-state index is 5.95. The van der Waals surface area contributed by atoms with E-state index in [2.05, 4.69) is 51.6 Å². The minimum absolute atomic E-state index is 0.150. The number of nitrogens with zero attached hydrogens (tertiary/aromatic N) is 3. The van der Waals surface area contributed by atoms with Crippen molar-refractivity contribution in [3.8, 4) is 0 Å². The molecule has 132 valence electrons. The Bertz CT molecular complexity index is 631. The van der Waals surface area contributed by atoms with Crippen molar-refractivity contribution in [2.75, 3.05) is 6.61 Å². The van der Waals surface area contributed by atoms with Crippen molar-refractivity contribution in [1.82, 2.24) is 19.4 Å². The molecule has 1 N–H and O–H groups in total. The molecule has 0 radical (unpaired) electrons. The molecule has 5 heteroatoms. The first kappa shape index (κ1) is 17.2. The summed E-state index contributed by atoms with van der Waals surface area (Å²) >= 11 is 0. The Balaban J connectivity index is 1.53. The highest BCUT2D eigenvalue weighted by Gasteiger charge is 2.25. The van der Waals surface area contributed by atoms with Crippen LogP contribution in [0.3, 0.4) is 0 Å². The molecule has 3 rings (SSSR count). The number of aryl methyl sites for hydroxylation is 2. The Hall–Kier alpha value is -1.59. The SMILES string of the molecule is CC(C)CCn1cccc1CN[C@H]1CCO[C@H](c2cncn2C)C1. The lowest BCUT2D eigenvalue weighted by molar-refractivity contribution is -0.00413. The zero-order chi connectivity index (χ0) is 16.9. The lowest BCUT2D eigenvalue weighted by Crippen LogP contribution is -2.36. The Labute approximate surface area is 145 Å². The fourth-order valence-electron chi connectivity index (χ4n) is 3.34. The highest BCUT2D eigenvalue weighted by molar-refractivity contribution is 5.08. The van der Waals surface area contributed by atoms with Crippen LogP contribution in [-0.4, -0.2) is 26.8 Å². The maximum Gasteiger partial charge on any atom is 0.100 e. The molecule has 3 heterocycles. The zero-order valence-electron chi connectivity index (χ0n) is 15.1. The number of hydrogen-bond donors (Lipinski definition) is 1. The standard InChI is InChI=1S/C19H30N4O/c1-15(2)6-9-23-8-4-5-17(23)12-21-16-7-10-24-19(11-16)18-13-20-14-22(18)3/h4-5,8,13-16,19,21H,6-7,9-12H2,1-3H3/t16-,19-/m0/s1. The third kappa shape index (κ3) is 4.28. The molecule has 5 nitrogen and oxygen atoms in total. The fourth-order valence-corrected chi connectivity index (χ4v) is 3.34. The van der Waals surface area contributed by atoms with E-state index in [1.807, 2.05) is 19.6 Å². The molecule has 2 aromatic heterocycles. The van der Waals surface area contributed by atoms with Crippen LogP contribution < -0.4 is 5.32 Å². The van der Waals surface area contributed by atoms with Crippen molar-refractivity contribution < 1.29 is 4.74 Å². The van der Waals surface area contributed by atoms with Gasteiger partial charge >= 0.3 is 0 Å². The molecule has 0 amide bonds. The summed E-state index contributed by atoms with van der Waals surface area (Å²) in [4.78, 5) is 4.21. The second kappa shape index (κ2) is 7.99. The molecule has 0 aliphatic carbocycles. The average Bonchev–Trinajstić information content (AvgIpc) is 3.19. The number of aromatic nitrogens is 3. The van der Waals surface area contributed by atoms with E-state index >= 15 is 0 Å². The lowest BCUT2D eigenvalue weighted by Gasteiger charge is -2.30. The van der Waals surface area contributed by atoms with Crippen LogP contribution in [0.25, 0.3) is 0 Å². The highest BCUT2D eigenvalue weighted by atomic mass is 16.5. The quantitative estimate of drug-likeness (QED) is 0.847. The van der Waals surface area contributed by atoms with E-state index < -0.39 is 0 Å². The zero-order valence-corrected chi connectivity index (χ0v) is 15.1. The summed E-state index contributed by atoms with van der Waals surface area (Å²) in [6.45, 7) is 7.40. The summed E-state index contributed by atoms with van der Waals surface area (Å²) in [7, 11) is 2.03. The molecule has 1 aliphatic rings. The Morgan fingerprint density at radius 1 is 1.42 bits per heavy atom. The average molecular weight is 330 g/mol. The first-order valence-electron chi connectivity index (χ1n) is 9.08. The molecular weight excluding hydrogens is 300 g/mol. The summed E-state index contributed by atoms with van der Waals surface area (Å²) < 4.78 is 10.4. The highest BCUT2D eigenvalue weighted by Crippen LogP contribution is 2.27. The van der Waals surface area contributed by atoms with Crippen LogP contribution in [0.5, 0.6) is 0 Å². The third-order valence-corrected chi connectivity index (χ3v) is 4.91. The summed E-state index contributed by atoms with van der Waals surface area (Å²) in [6, 6.07) is 4.87. The summed E-state index contributed by atoms with van der Waals surface area (Å²) in [5.41, 5.74) is 2.54. The van der Waals surface area contributed by atoms with Gasteiger partial charge in [0.05, 0.1) is 18.2 Å². The molecule has 1 aliphatic heterocycles. The molecule has 1 saturated heterocycles. The number of hydrogen-bond acceptors (Lipinski definition) is 3. The maximum atomic E-state index is 5.95. The topological polar surface area (TPSA) is 44.0 Å². The van der Waals surface area contributed by atoms with E-state index in [-0.39, 0.29) is 6.10 Å². The Kier molecular flexibility index (Phi) is 5.74. The molecule has 24 heavy (non-hydrogen) atoms.